The van der Waals surface area contributed by atoms with Crippen LogP contribution in [0.3, 0.4) is 0 Å². The van der Waals surface area contributed by atoms with Gasteiger partial charge in [-0.15, -0.1) is 0 Å². The van der Waals surface area contributed by atoms with E-state index >= 15 is 0 Å². The minimum absolute atomic E-state index is 0.342. The maximum absolute atomic E-state index is 11.7. The van der Waals surface area contributed by atoms with Crippen molar-refractivity contribution in [3.05, 3.63) is 33.4 Å². The van der Waals surface area contributed by atoms with Gasteiger partial charge in [0.15, 0.2) is 0 Å². The standard InChI is InChI=1S/C11H16INOS/c1-9(6-13)7-15(14)8-10-2-4-11(12)5-3-10/h2-5,9H,6-8,13H2,1H3. The van der Waals surface area contributed by atoms with E-state index in [1.54, 1.807) is 0 Å². The smallest absolute Gasteiger partial charge is 0.0485 e. The second-order valence-corrected chi connectivity index (χ2v) is 6.47. The zero-order valence-electron chi connectivity index (χ0n) is 8.78. The molecule has 0 saturated carbocycles. The molecule has 0 aliphatic carbocycles. The predicted octanol–water partition coefficient (Wildman–Crippen LogP) is 2.13. The van der Waals surface area contributed by atoms with Crippen LogP contribution in [0.4, 0.5) is 0 Å². The lowest BCUT2D eigenvalue weighted by atomic mass is 10.2. The molecule has 15 heavy (non-hydrogen) atoms. The van der Waals surface area contributed by atoms with Crippen molar-refractivity contribution in [2.75, 3.05) is 12.3 Å². The molecule has 0 amide bonds. The monoisotopic (exact) mass is 337 g/mol. The quantitative estimate of drug-likeness (QED) is 0.837. The Balaban J connectivity index is 2.48. The molecule has 0 heterocycles. The van der Waals surface area contributed by atoms with Crippen molar-refractivity contribution in [3.63, 3.8) is 0 Å². The van der Waals surface area contributed by atoms with Gasteiger partial charge in [-0.1, -0.05) is 19.1 Å². The van der Waals surface area contributed by atoms with Crippen molar-refractivity contribution < 1.29 is 4.21 Å². The number of benzene rings is 1. The normalized spacial score (nSPS) is 14.9. The summed E-state index contributed by atoms with van der Waals surface area (Å²) in [5.41, 5.74) is 6.64. The summed E-state index contributed by atoms with van der Waals surface area (Å²) in [6.45, 7) is 2.64. The highest BCUT2D eigenvalue weighted by Crippen LogP contribution is 2.09. The largest absolute Gasteiger partial charge is 0.330 e. The van der Waals surface area contributed by atoms with Gasteiger partial charge in [-0.2, -0.15) is 0 Å². The number of hydrogen-bond acceptors (Lipinski definition) is 2. The summed E-state index contributed by atoms with van der Waals surface area (Å²) in [5.74, 6) is 1.68. The number of halogens is 1. The molecule has 2 nitrogen and oxygen atoms in total. The third-order valence-corrected chi connectivity index (χ3v) is 4.43. The topological polar surface area (TPSA) is 43.1 Å². The molecule has 0 aliphatic heterocycles. The van der Waals surface area contributed by atoms with E-state index in [-0.39, 0.29) is 0 Å². The molecule has 2 N–H and O–H groups in total. The molecule has 0 radical (unpaired) electrons. The Morgan fingerprint density at radius 1 is 1.40 bits per heavy atom. The van der Waals surface area contributed by atoms with Gasteiger partial charge in [-0.05, 0) is 52.7 Å². The zero-order valence-corrected chi connectivity index (χ0v) is 11.8. The Kier molecular flexibility index (Phi) is 5.78. The van der Waals surface area contributed by atoms with Gasteiger partial charge >= 0.3 is 0 Å². The van der Waals surface area contributed by atoms with Gasteiger partial charge in [0.1, 0.15) is 0 Å². The van der Waals surface area contributed by atoms with Crippen LogP contribution in [0.1, 0.15) is 12.5 Å². The Morgan fingerprint density at radius 3 is 2.53 bits per heavy atom. The predicted molar refractivity (Wildman–Crippen MR) is 74.1 cm³/mol. The summed E-state index contributed by atoms with van der Waals surface area (Å²) >= 11 is 2.26. The minimum atomic E-state index is -0.790. The van der Waals surface area contributed by atoms with Crippen LogP contribution in [0.5, 0.6) is 0 Å². The van der Waals surface area contributed by atoms with Crippen LogP contribution in [0.25, 0.3) is 0 Å². The lowest BCUT2D eigenvalue weighted by Gasteiger charge is -2.07. The van der Waals surface area contributed by atoms with Crippen molar-refractivity contribution in [3.8, 4) is 0 Å². The molecular formula is C11H16INOS. The molecule has 0 saturated heterocycles. The highest BCUT2D eigenvalue weighted by Gasteiger charge is 2.06. The third-order valence-electron chi connectivity index (χ3n) is 2.11. The molecule has 0 aromatic heterocycles. The van der Waals surface area contributed by atoms with Gasteiger partial charge < -0.3 is 5.73 Å². The molecule has 4 heteroatoms. The molecule has 1 aromatic carbocycles. The van der Waals surface area contributed by atoms with E-state index in [4.69, 9.17) is 5.73 Å². The van der Waals surface area contributed by atoms with E-state index in [2.05, 4.69) is 22.6 Å². The summed E-state index contributed by atoms with van der Waals surface area (Å²) in [6, 6.07) is 8.15. The second-order valence-electron chi connectivity index (χ2n) is 3.72. The lowest BCUT2D eigenvalue weighted by molar-refractivity contribution is 0.640. The first-order valence-electron chi connectivity index (χ1n) is 4.91. The molecule has 0 fully saturated rings. The van der Waals surface area contributed by atoms with Gasteiger partial charge in [-0.3, -0.25) is 4.21 Å². The number of hydrogen-bond donors (Lipinski definition) is 1. The number of rotatable bonds is 5. The van der Waals surface area contributed by atoms with Gasteiger partial charge in [0, 0.05) is 25.9 Å². The summed E-state index contributed by atoms with van der Waals surface area (Å²) in [7, 11) is -0.790. The van der Waals surface area contributed by atoms with Crippen LogP contribution in [-0.2, 0) is 16.6 Å². The molecule has 2 unspecified atom stereocenters. The van der Waals surface area contributed by atoms with Crippen LogP contribution in [0.15, 0.2) is 24.3 Å². The van der Waals surface area contributed by atoms with E-state index in [9.17, 15) is 4.21 Å². The lowest BCUT2D eigenvalue weighted by Crippen LogP contribution is -2.18. The van der Waals surface area contributed by atoms with Crippen LogP contribution >= 0.6 is 22.6 Å². The van der Waals surface area contributed by atoms with Gasteiger partial charge in [0.05, 0.1) is 0 Å². The first kappa shape index (κ1) is 13.1. The van der Waals surface area contributed by atoms with E-state index < -0.39 is 10.8 Å². The zero-order chi connectivity index (χ0) is 11.3. The van der Waals surface area contributed by atoms with Crippen molar-refractivity contribution in [1.82, 2.24) is 0 Å². The van der Waals surface area contributed by atoms with E-state index in [1.807, 2.05) is 31.2 Å². The maximum atomic E-state index is 11.7. The second kappa shape index (κ2) is 6.60. The van der Waals surface area contributed by atoms with Gasteiger partial charge in [0.2, 0.25) is 0 Å². The Bertz CT molecular complexity index is 326. The highest BCUT2D eigenvalue weighted by molar-refractivity contribution is 14.1. The SMILES string of the molecule is CC(CN)CS(=O)Cc1ccc(I)cc1. The highest BCUT2D eigenvalue weighted by atomic mass is 127. The van der Waals surface area contributed by atoms with Crippen molar-refractivity contribution in [2.45, 2.75) is 12.7 Å². The van der Waals surface area contributed by atoms with Crippen LogP contribution < -0.4 is 5.73 Å². The molecule has 0 bridgehead atoms. The summed E-state index contributed by atoms with van der Waals surface area (Å²) in [4.78, 5) is 0. The summed E-state index contributed by atoms with van der Waals surface area (Å²) in [6.07, 6.45) is 0. The van der Waals surface area contributed by atoms with E-state index in [0.29, 0.717) is 24.0 Å². The Morgan fingerprint density at radius 2 is 2.00 bits per heavy atom. The minimum Gasteiger partial charge on any atom is -0.330 e. The fraction of sp³-hybridized carbons (Fsp3) is 0.455. The molecule has 0 spiro atoms. The van der Waals surface area contributed by atoms with Crippen LogP contribution in [0.2, 0.25) is 0 Å². The van der Waals surface area contributed by atoms with E-state index in [0.717, 1.165) is 5.56 Å². The average molecular weight is 337 g/mol. The first-order valence-corrected chi connectivity index (χ1v) is 7.48. The first-order chi connectivity index (χ1) is 7.11. The Labute approximate surface area is 107 Å². The third kappa shape index (κ3) is 5.08. The Hall–Kier alpha value is 0.0600. The number of nitrogens with two attached hydrogens (primary N) is 1. The fourth-order valence-corrected chi connectivity index (χ4v) is 3.02. The molecule has 0 aliphatic rings. The van der Waals surface area contributed by atoms with Gasteiger partial charge in [0.25, 0.3) is 0 Å². The maximum Gasteiger partial charge on any atom is 0.0485 e. The molecular weight excluding hydrogens is 321 g/mol. The van der Waals surface area contributed by atoms with Crippen molar-refractivity contribution in [1.29, 1.82) is 0 Å². The van der Waals surface area contributed by atoms with E-state index in [1.165, 1.54) is 3.57 Å². The molecule has 1 rings (SSSR count). The average Bonchev–Trinajstić information content (AvgIpc) is 2.21. The van der Waals surface area contributed by atoms with Gasteiger partial charge in [-0.25, -0.2) is 0 Å². The fourth-order valence-electron chi connectivity index (χ4n) is 1.21. The van der Waals surface area contributed by atoms with Crippen LogP contribution in [0, 0.1) is 9.49 Å². The van der Waals surface area contributed by atoms with Crippen LogP contribution in [-0.4, -0.2) is 16.5 Å². The summed E-state index contributed by atoms with van der Waals surface area (Å²) in [5, 5.41) is 0. The molecule has 1 aromatic rings. The summed E-state index contributed by atoms with van der Waals surface area (Å²) < 4.78 is 12.9. The van der Waals surface area contributed by atoms with Crippen molar-refractivity contribution >= 4 is 33.4 Å². The molecule has 2 atom stereocenters. The van der Waals surface area contributed by atoms with Crippen molar-refractivity contribution in [2.24, 2.45) is 11.7 Å². The molecule has 84 valence electrons.